The summed E-state index contributed by atoms with van der Waals surface area (Å²) in [4.78, 5) is 12.0. The van der Waals surface area contributed by atoms with Crippen molar-refractivity contribution in [1.82, 2.24) is 5.32 Å². The number of hydrogen-bond donors (Lipinski definition) is 3. The lowest BCUT2D eigenvalue weighted by atomic mass is 10.1. The molecule has 116 valence electrons. The third-order valence-corrected chi connectivity index (χ3v) is 3.96. The van der Waals surface area contributed by atoms with E-state index < -0.39 is 6.03 Å². The van der Waals surface area contributed by atoms with Gasteiger partial charge < -0.3 is 10.4 Å². The van der Waals surface area contributed by atoms with Gasteiger partial charge in [-0.3, -0.25) is 0 Å². The number of carbonyl (C=O) groups excluding carboxylic acids is 1. The number of nitrogens with zero attached hydrogens (tertiary/aromatic N) is 1. The highest BCUT2D eigenvalue weighted by atomic mass is 35.5. The first-order valence-corrected chi connectivity index (χ1v) is 7.63. The molecule has 0 unspecified atom stereocenters. The maximum atomic E-state index is 12.0. The molecule has 2 N–H and O–H groups in total. The maximum absolute atomic E-state index is 12.0. The summed E-state index contributed by atoms with van der Waals surface area (Å²) < 4.78 is 1.09. The van der Waals surface area contributed by atoms with E-state index in [-0.39, 0.29) is 15.8 Å². The lowest BCUT2D eigenvalue weighted by Gasteiger charge is -2.17. The second-order valence-electron chi connectivity index (χ2n) is 4.54. The summed E-state index contributed by atoms with van der Waals surface area (Å²) in [7, 11) is 0. The molecule has 4 nitrogen and oxygen atoms in total. The van der Waals surface area contributed by atoms with Gasteiger partial charge in [0.1, 0.15) is 0 Å². The van der Waals surface area contributed by atoms with E-state index in [1.54, 1.807) is 0 Å². The molecular formula is C15H14Cl2N2O2S. The highest BCUT2D eigenvalue weighted by molar-refractivity contribution is 7.82. The predicted molar refractivity (Wildman–Crippen MR) is 93.1 cm³/mol. The Morgan fingerprint density at radius 2 is 1.77 bits per heavy atom. The van der Waals surface area contributed by atoms with Gasteiger partial charge in [0.15, 0.2) is 5.75 Å². The molecule has 0 bridgehead atoms. The molecule has 0 atom stereocenters. The molecule has 22 heavy (non-hydrogen) atoms. The number of anilines is 1. The van der Waals surface area contributed by atoms with E-state index in [1.807, 2.05) is 30.3 Å². The van der Waals surface area contributed by atoms with E-state index in [1.165, 1.54) is 12.1 Å². The molecule has 0 fully saturated rings. The molecule has 2 aromatic carbocycles. The maximum Gasteiger partial charge on any atom is 0.331 e. The van der Waals surface area contributed by atoms with Gasteiger partial charge in [-0.25, -0.2) is 9.10 Å². The quantitative estimate of drug-likeness (QED) is 0.715. The van der Waals surface area contributed by atoms with Crippen LogP contribution >= 0.6 is 36.0 Å². The summed E-state index contributed by atoms with van der Waals surface area (Å²) in [5, 5.41) is 12.4. The number of thiol groups is 1. The van der Waals surface area contributed by atoms with Gasteiger partial charge in [-0.05, 0) is 24.1 Å². The number of phenols is 1. The van der Waals surface area contributed by atoms with Crippen LogP contribution in [0, 0.1) is 0 Å². The number of nitrogens with one attached hydrogen (secondary N) is 1. The summed E-state index contributed by atoms with van der Waals surface area (Å²) in [6.07, 6.45) is 0.714. The fraction of sp³-hybridized carbons (Fsp3) is 0.133. The summed E-state index contributed by atoms with van der Waals surface area (Å²) in [5.74, 6) is -0.224. The predicted octanol–water partition coefficient (Wildman–Crippen LogP) is 4.30. The van der Waals surface area contributed by atoms with E-state index in [2.05, 4.69) is 18.1 Å². The second kappa shape index (κ2) is 7.63. The van der Waals surface area contributed by atoms with Crippen LogP contribution in [0.4, 0.5) is 10.5 Å². The highest BCUT2D eigenvalue weighted by Gasteiger charge is 2.15. The van der Waals surface area contributed by atoms with Gasteiger partial charge in [-0.15, -0.1) is 0 Å². The first-order chi connectivity index (χ1) is 10.5. The average Bonchev–Trinajstić information content (AvgIpc) is 2.52. The number of benzene rings is 2. The topological polar surface area (TPSA) is 52.6 Å². The summed E-state index contributed by atoms with van der Waals surface area (Å²) in [6.45, 7) is 0.472. The lowest BCUT2D eigenvalue weighted by molar-refractivity contribution is 0.250. The molecule has 0 aliphatic carbocycles. The monoisotopic (exact) mass is 356 g/mol. The zero-order valence-corrected chi connectivity index (χ0v) is 13.9. The van der Waals surface area contributed by atoms with Crippen LogP contribution in [0.15, 0.2) is 42.5 Å². The Hall–Kier alpha value is -1.56. The molecule has 0 saturated carbocycles. The van der Waals surface area contributed by atoms with Gasteiger partial charge in [-0.1, -0.05) is 66.3 Å². The lowest BCUT2D eigenvalue weighted by Crippen LogP contribution is -2.35. The summed E-state index contributed by atoms with van der Waals surface area (Å²) in [6, 6.07) is 12.2. The van der Waals surface area contributed by atoms with E-state index >= 15 is 0 Å². The number of amides is 2. The molecule has 2 amide bonds. The van der Waals surface area contributed by atoms with Crippen molar-refractivity contribution < 1.29 is 9.90 Å². The van der Waals surface area contributed by atoms with E-state index in [9.17, 15) is 9.90 Å². The Morgan fingerprint density at radius 1 is 1.18 bits per heavy atom. The van der Waals surface area contributed by atoms with Crippen molar-refractivity contribution in [2.45, 2.75) is 6.42 Å². The fourth-order valence-corrected chi connectivity index (χ4v) is 2.49. The number of hydrogen-bond acceptors (Lipinski definition) is 3. The number of carbonyl (C=O) groups is 1. The number of rotatable bonds is 4. The van der Waals surface area contributed by atoms with Crippen LogP contribution in [0.1, 0.15) is 5.56 Å². The molecule has 0 spiro atoms. The van der Waals surface area contributed by atoms with Crippen LogP contribution in [0.2, 0.25) is 10.0 Å². The molecule has 0 heterocycles. The SMILES string of the molecule is O=C(NCCc1ccccc1)N(S)c1cc(Cl)c(O)c(Cl)c1. The van der Waals surface area contributed by atoms with E-state index in [4.69, 9.17) is 23.2 Å². The Kier molecular flexibility index (Phi) is 5.83. The van der Waals surface area contributed by atoms with Gasteiger partial charge in [0, 0.05) is 6.54 Å². The minimum atomic E-state index is -0.405. The molecule has 2 aromatic rings. The Balaban J connectivity index is 1.95. The third kappa shape index (κ3) is 4.22. The van der Waals surface area contributed by atoms with Crippen molar-refractivity contribution in [3.63, 3.8) is 0 Å². The average molecular weight is 357 g/mol. The van der Waals surface area contributed by atoms with Crippen molar-refractivity contribution in [3.05, 3.63) is 58.1 Å². The minimum Gasteiger partial charge on any atom is -0.505 e. The largest absolute Gasteiger partial charge is 0.505 e. The van der Waals surface area contributed by atoms with Crippen molar-refractivity contribution in [3.8, 4) is 5.75 Å². The van der Waals surface area contributed by atoms with Crippen molar-refractivity contribution in [2.75, 3.05) is 10.8 Å². The zero-order chi connectivity index (χ0) is 16.1. The van der Waals surface area contributed by atoms with Crippen molar-refractivity contribution in [1.29, 1.82) is 0 Å². The molecule has 0 aliphatic heterocycles. The van der Waals surface area contributed by atoms with E-state index in [0.717, 1.165) is 9.87 Å². The van der Waals surface area contributed by atoms with Gasteiger partial charge in [0.2, 0.25) is 0 Å². The zero-order valence-electron chi connectivity index (χ0n) is 11.5. The molecular weight excluding hydrogens is 343 g/mol. The van der Waals surface area contributed by atoms with Crippen LogP contribution in [0.3, 0.4) is 0 Å². The molecule has 0 radical (unpaired) electrons. The molecule has 7 heteroatoms. The summed E-state index contributed by atoms with van der Waals surface area (Å²) >= 11 is 15.8. The standard InChI is InChI=1S/C15H14Cl2N2O2S/c16-12-8-11(9-13(17)14(12)20)19(22)15(21)18-7-6-10-4-2-1-3-5-10/h1-5,8-9,20,22H,6-7H2,(H,18,21). The Morgan fingerprint density at radius 3 is 2.36 bits per heavy atom. The minimum absolute atomic E-state index is 0.0543. The summed E-state index contributed by atoms with van der Waals surface area (Å²) in [5.41, 5.74) is 1.50. The van der Waals surface area contributed by atoms with E-state index in [0.29, 0.717) is 18.7 Å². The van der Waals surface area contributed by atoms with Crippen LogP contribution in [-0.2, 0) is 6.42 Å². The van der Waals surface area contributed by atoms with Gasteiger partial charge in [0.05, 0.1) is 15.7 Å². The smallest absolute Gasteiger partial charge is 0.331 e. The van der Waals surface area contributed by atoms with Gasteiger partial charge in [0.25, 0.3) is 0 Å². The molecule has 0 saturated heterocycles. The number of urea groups is 1. The van der Waals surface area contributed by atoms with Crippen molar-refractivity contribution in [2.24, 2.45) is 0 Å². The van der Waals surface area contributed by atoms with Crippen LogP contribution in [-0.4, -0.2) is 17.7 Å². The molecule has 2 rings (SSSR count). The first kappa shape index (κ1) is 16.8. The molecule has 0 aliphatic rings. The van der Waals surface area contributed by atoms with Crippen LogP contribution in [0.25, 0.3) is 0 Å². The van der Waals surface area contributed by atoms with Crippen LogP contribution < -0.4 is 9.62 Å². The van der Waals surface area contributed by atoms with Gasteiger partial charge in [-0.2, -0.15) is 0 Å². The Labute approximate surface area is 144 Å². The van der Waals surface area contributed by atoms with Gasteiger partial charge >= 0.3 is 6.03 Å². The molecule has 0 aromatic heterocycles. The Bertz CT molecular complexity index is 645. The normalized spacial score (nSPS) is 10.3. The number of halogens is 2. The highest BCUT2D eigenvalue weighted by Crippen LogP contribution is 2.36. The first-order valence-electron chi connectivity index (χ1n) is 6.48. The van der Waals surface area contributed by atoms with Crippen molar-refractivity contribution >= 4 is 47.7 Å². The number of aromatic hydroxyl groups is 1. The van der Waals surface area contributed by atoms with Crippen LogP contribution in [0.5, 0.6) is 5.75 Å². The third-order valence-electron chi connectivity index (χ3n) is 2.97. The number of phenolic OH excluding ortho intramolecular Hbond substituents is 1. The second-order valence-corrected chi connectivity index (χ2v) is 5.75. The fourth-order valence-electron chi connectivity index (χ4n) is 1.83.